The molecule has 2 aromatic heterocycles. The number of aliphatic imine (C=N–C) groups is 1. The molecule has 1 aliphatic rings. The summed E-state index contributed by atoms with van der Waals surface area (Å²) in [5.41, 5.74) is 1.39. The van der Waals surface area contributed by atoms with Crippen LogP contribution in [0.4, 0.5) is 5.00 Å². The first kappa shape index (κ1) is 30.7. The van der Waals surface area contributed by atoms with E-state index in [0.29, 0.717) is 40.3 Å². The van der Waals surface area contributed by atoms with Crippen LogP contribution in [0.5, 0.6) is 5.88 Å². The van der Waals surface area contributed by atoms with Crippen LogP contribution in [0.3, 0.4) is 0 Å². The lowest BCUT2D eigenvalue weighted by atomic mass is 9.88. The molecule has 0 saturated carbocycles. The Kier molecular flexibility index (Phi) is 8.86. The number of aromatic hydroxyl groups is 1. The summed E-state index contributed by atoms with van der Waals surface area (Å²) < 4.78 is 34.3. The van der Waals surface area contributed by atoms with Gasteiger partial charge in [0.15, 0.2) is 0 Å². The quantitative estimate of drug-likeness (QED) is 0.185. The molecule has 0 fully saturated rings. The molecule has 1 N–H and O–H groups in total. The van der Waals surface area contributed by atoms with E-state index in [1.165, 1.54) is 34.0 Å². The minimum atomic E-state index is -3.81. The highest BCUT2D eigenvalue weighted by Crippen LogP contribution is 2.42. The summed E-state index contributed by atoms with van der Waals surface area (Å²) in [5.74, 6) is -0.319. The molecule has 0 amide bonds. The van der Waals surface area contributed by atoms with Crippen molar-refractivity contribution in [1.29, 1.82) is 0 Å². The summed E-state index contributed by atoms with van der Waals surface area (Å²) in [6.07, 6.45) is 4.06. The van der Waals surface area contributed by atoms with Gasteiger partial charge in [-0.1, -0.05) is 45.0 Å². The van der Waals surface area contributed by atoms with Crippen molar-refractivity contribution < 1.29 is 23.1 Å². The smallest absolute Gasteiger partial charge is 0.341 e. The number of aromatic nitrogens is 1. The third-order valence-corrected chi connectivity index (χ3v) is 11.0. The maximum absolute atomic E-state index is 13.7. The molecule has 2 aromatic carbocycles. The zero-order chi connectivity index (χ0) is 30.9. The molecule has 11 heteroatoms. The van der Waals surface area contributed by atoms with Gasteiger partial charge in [0.05, 0.1) is 28.3 Å². The Morgan fingerprint density at radius 2 is 1.86 bits per heavy atom. The zero-order valence-corrected chi connectivity index (χ0v) is 26.3. The number of carbonyl (C=O) groups is 1. The normalized spacial score (nSPS) is 15.3. The molecule has 0 bridgehead atoms. The highest BCUT2D eigenvalue weighted by molar-refractivity contribution is 7.89. The van der Waals surface area contributed by atoms with E-state index in [2.05, 4.69) is 6.92 Å². The van der Waals surface area contributed by atoms with E-state index in [1.807, 2.05) is 0 Å². The van der Waals surface area contributed by atoms with Gasteiger partial charge in [0, 0.05) is 35.0 Å². The molecule has 0 radical (unpaired) electrons. The van der Waals surface area contributed by atoms with Gasteiger partial charge in [0.2, 0.25) is 15.9 Å². The highest BCUT2D eigenvalue weighted by atomic mass is 32.2. The fraction of sp³-hybridized carbons (Fsp3) is 0.344. The maximum Gasteiger partial charge on any atom is 0.341 e. The molecule has 0 spiro atoms. The average molecular weight is 622 g/mol. The van der Waals surface area contributed by atoms with E-state index in [9.17, 15) is 23.1 Å². The molecule has 2 heterocycles. The first-order valence-electron chi connectivity index (χ1n) is 14.4. The second-order valence-electron chi connectivity index (χ2n) is 10.5. The van der Waals surface area contributed by atoms with Crippen LogP contribution in [-0.2, 0) is 27.6 Å². The molecule has 0 aliphatic heterocycles. The van der Waals surface area contributed by atoms with Crippen LogP contribution in [0.2, 0.25) is 0 Å². The number of benzene rings is 2. The summed E-state index contributed by atoms with van der Waals surface area (Å²) in [6, 6.07) is 12.8. The van der Waals surface area contributed by atoms with Gasteiger partial charge < -0.3 is 9.84 Å². The number of pyridine rings is 1. The van der Waals surface area contributed by atoms with Crippen LogP contribution in [0.25, 0.3) is 16.5 Å². The lowest BCUT2D eigenvalue weighted by Crippen LogP contribution is -2.30. The van der Waals surface area contributed by atoms with Crippen molar-refractivity contribution in [2.24, 2.45) is 10.9 Å². The van der Waals surface area contributed by atoms with Crippen molar-refractivity contribution in [3.05, 3.63) is 80.5 Å². The number of thiophene rings is 1. The van der Waals surface area contributed by atoms with E-state index in [4.69, 9.17) is 9.73 Å². The predicted molar refractivity (Wildman–Crippen MR) is 170 cm³/mol. The van der Waals surface area contributed by atoms with E-state index in [0.717, 1.165) is 34.3 Å². The van der Waals surface area contributed by atoms with Crippen molar-refractivity contribution in [1.82, 2.24) is 8.87 Å². The molecule has 43 heavy (non-hydrogen) atoms. The summed E-state index contributed by atoms with van der Waals surface area (Å²) in [6.45, 7) is 8.29. The van der Waals surface area contributed by atoms with Crippen LogP contribution >= 0.6 is 11.3 Å². The molecule has 0 unspecified atom stereocenters. The summed E-state index contributed by atoms with van der Waals surface area (Å²) >= 11 is 1.45. The fourth-order valence-corrected chi connectivity index (χ4v) is 8.43. The van der Waals surface area contributed by atoms with Crippen LogP contribution in [-0.4, -0.2) is 54.3 Å². The second-order valence-corrected chi connectivity index (χ2v) is 13.5. The van der Waals surface area contributed by atoms with Gasteiger partial charge in [-0.25, -0.2) is 22.8 Å². The number of sulfonamides is 1. The molecule has 4 aromatic rings. The Labute approximate surface area is 255 Å². The Morgan fingerprint density at radius 3 is 2.56 bits per heavy atom. The highest BCUT2D eigenvalue weighted by Gasteiger charge is 2.29. The van der Waals surface area contributed by atoms with E-state index >= 15 is 0 Å². The molecule has 9 nitrogen and oxygen atoms in total. The van der Waals surface area contributed by atoms with Crippen LogP contribution < -0.4 is 5.56 Å². The van der Waals surface area contributed by atoms with Gasteiger partial charge in [0.25, 0.3) is 5.56 Å². The monoisotopic (exact) mass is 621 g/mol. The van der Waals surface area contributed by atoms with Crippen LogP contribution in [0.1, 0.15) is 60.5 Å². The Bertz CT molecular complexity index is 1890. The number of nitrogens with zero attached hydrogens (tertiary/aromatic N) is 3. The van der Waals surface area contributed by atoms with E-state index < -0.39 is 27.4 Å². The molecule has 1 atom stereocenters. The van der Waals surface area contributed by atoms with Crippen molar-refractivity contribution in [3.8, 4) is 11.6 Å². The number of esters is 1. The van der Waals surface area contributed by atoms with Gasteiger partial charge >= 0.3 is 5.97 Å². The molecule has 0 saturated heterocycles. The van der Waals surface area contributed by atoms with Gasteiger partial charge in [0.1, 0.15) is 5.00 Å². The molecule has 226 valence electrons. The number of rotatable bonds is 9. The molecular formula is C32H35N3O6S2. The molecule has 5 rings (SSSR count). The number of carbonyl (C=O) groups excluding carboxylic acids is 1. The Morgan fingerprint density at radius 1 is 1.14 bits per heavy atom. The Hall–Kier alpha value is -3.80. The third-order valence-electron chi connectivity index (χ3n) is 7.81. The van der Waals surface area contributed by atoms with Crippen molar-refractivity contribution >= 4 is 49.3 Å². The van der Waals surface area contributed by atoms with Crippen molar-refractivity contribution in [3.63, 3.8) is 0 Å². The van der Waals surface area contributed by atoms with Gasteiger partial charge in [-0.05, 0) is 61.9 Å². The number of hydrogen-bond acceptors (Lipinski definition) is 8. The van der Waals surface area contributed by atoms with Crippen LogP contribution in [0.15, 0.2) is 63.2 Å². The second kappa shape index (κ2) is 12.4. The first-order chi connectivity index (χ1) is 20.6. The minimum absolute atomic E-state index is 0.0147. The van der Waals surface area contributed by atoms with Crippen LogP contribution in [0, 0.1) is 5.92 Å². The summed E-state index contributed by atoms with van der Waals surface area (Å²) in [4.78, 5) is 32.6. The number of ether oxygens (including phenoxy) is 1. The number of fused-ring (bicyclic) bond motifs is 2. The minimum Gasteiger partial charge on any atom is -0.494 e. The first-order valence-corrected chi connectivity index (χ1v) is 16.7. The zero-order valence-electron chi connectivity index (χ0n) is 24.7. The topological polar surface area (TPSA) is 118 Å². The SMILES string of the molecule is CCOC(=O)c1c(N=Cc2c(O)n(-c3cccc(S(=O)(=O)N(CC)CC)c3)c(=O)c3ccccc23)sc2c1CC[C@H](C)C2. The summed E-state index contributed by atoms with van der Waals surface area (Å²) in [7, 11) is -3.81. The standard InChI is InChI=1S/C32H35N3O6S2/c1-5-34(6-2)43(39,40)22-12-10-11-21(18-22)35-30(36)24-14-9-8-13-23(24)26(31(35)37)19-33-29-28(32(38)41-7-3)25-16-15-20(4)17-27(25)42-29/h8-14,18-20,37H,5-7,15-17H2,1-4H3/t20-/m0/s1. The largest absolute Gasteiger partial charge is 0.494 e. The molecular weight excluding hydrogens is 587 g/mol. The average Bonchev–Trinajstić information content (AvgIpc) is 3.35. The van der Waals surface area contributed by atoms with Gasteiger partial charge in [-0.3, -0.25) is 4.79 Å². The van der Waals surface area contributed by atoms with Gasteiger partial charge in [-0.2, -0.15) is 4.31 Å². The molecule has 1 aliphatic carbocycles. The van der Waals surface area contributed by atoms with Crippen molar-refractivity contribution in [2.45, 2.75) is 51.9 Å². The summed E-state index contributed by atoms with van der Waals surface area (Å²) in [5, 5.41) is 12.9. The predicted octanol–water partition coefficient (Wildman–Crippen LogP) is 5.84. The van der Waals surface area contributed by atoms with Gasteiger partial charge in [-0.15, -0.1) is 11.3 Å². The van der Waals surface area contributed by atoms with E-state index in [-0.39, 0.29) is 22.8 Å². The maximum atomic E-state index is 13.7. The third kappa shape index (κ3) is 5.64. The fourth-order valence-electron chi connectivity index (χ4n) is 5.59. The lowest BCUT2D eigenvalue weighted by Gasteiger charge is -2.19. The van der Waals surface area contributed by atoms with E-state index in [1.54, 1.807) is 57.2 Å². The van der Waals surface area contributed by atoms with Crippen molar-refractivity contribution in [2.75, 3.05) is 19.7 Å². The Balaban J connectivity index is 1.69. The lowest BCUT2D eigenvalue weighted by molar-refractivity contribution is 0.0526. The number of hydrogen-bond donors (Lipinski definition) is 1.